The molecule has 0 saturated carbocycles. The van der Waals surface area contributed by atoms with E-state index in [1.165, 1.54) is 15.0 Å². The Morgan fingerprint density at radius 2 is 2.07 bits per heavy atom. The summed E-state index contributed by atoms with van der Waals surface area (Å²) in [7, 11) is 0. The van der Waals surface area contributed by atoms with E-state index >= 15 is 0 Å². The van der Waals surface area contributed by atoms with Crippen LogP contribution in [0.15, 0.2) is 30.3 Å². The van der Waals surface area contributed by atoms with E-state index in [2.05, 4.69) is 44.2 Å². The zero-order valence-electron chi connectivity index (χ0n) is 9.03. The minimum absolute atomic E-state index is 0.248. The van der Waals surface area contributed by atoms with Crippen molar-refractivity contribution in [2.75, 3.05) is 0 Å². The first-order valence-corrected chi connectivity index (χ1v) is 6.60. The molecule has 0 bridgehead atoms. The molecule has 2 unspecified atom stereocenters. The Bertz CT molecular complexity index is 413. The highest BCUT2D eigenvalue weighted by Crippen LogP contribution is 2.34. The molecule has 2 rings (SSSR count). The van der Waals surface area contributed by atoms with E-state index in [1.807, 2.05) is 11.3 Å². The lowest BCUT2D eigenvalue weighted by Gasteiger charge is -2.13. The Morgan fingerprint density at radius 1 is 1.33 bits per heavy atom. The minimum Gasteiger partial charge on any atom is -0.140 e. The summed E-state index contributed by atoms with van der Waals surface area (Å²) in [6, 6.07) is 10.8. The van der Waals surface area contributed by atoms with Gasteiger partial charge in [0.05, 0.1) is 0 Å². The highest BCUT2D eigenvalue weighted by molar-refractivity contribution is 7.19. The number of halogens is 1. The lowest BCUT2D eigenvalue weighted by molar-refractivity contribution is 0.685. The van der Waals surface area contributed by atoms with Crippen LogP contribution in [0.4, 0.5) is 0 Å². The Morgan fingerprint density at radius 3 is 2.73 bits per heavy atom. The van der Waals surface area contributed by atoms with Crippen LogP contribution in [0.1, 0.15) is 31.1 Å². The van der Waals surface area contributed by atoms with Crippen molar-refractivity contribution in [2.45, 2.75) is 31.6 Å². The summed E-state index contributed by atoms with van der Waals surface area (Å²) in [5, 5.41) is 1.59. The predicted molar refractivity (Wildman–Crippen MR) is 70.2 cm³/mol. The van der Waals surface area contributed by atoms with Crippen molar-refractivity contribution in [2.24, 2.45) is 0 Å². The topological polar surface area (TPSA) is 0 Å². The van der Waals surface area contributed by atoms with Crippen LogP contribution in [0.3, 0.4) is 0 Å². The van der Waals surface area contributed by atoms with Crippen LogP contribution in [-0.4, -0.2) is 5.38 Å². The normalized spacial score (nSPS) is 15.4. The van der Waals surface area contributed by atoms with Gasteiger partial charge >= 0.3 is 0 Å². The fourth-order valence-electron chi connectivity index (χ4n) is 1.76. The van der Waals surface area contributed by atoms with Gasteiger partial charge in [0, 0.05) is 20.9 Å². The van der Waals surface area contributed by atoms with Crippen molar-refractivity contribution in [3.05, 3.63) is 35.2 Å². The van der Waals surface area contributed by atoms with Gasteiger partial charge in [-0.2, -0.15) is 0 Å². The fourth-order valence-corrected chi connectivity index (χ4v) is 3.15. The molecule has 80 valence electrons. The van der Waals surface area contributed by atoms with Crippen LogP contribution in [0.2, 0.25) is 0 Å². The van der Waals surface area contributed by atoms with Crippen molar-refractivity contribution in [1.29, 1.82) is 0 Å². The first-order valence-electron chi connectivity index (χ1n) is 5.35. The molecule has 0 aliphatic rings. The Hall–Kier alpha value is -0.530. The first kappa shape index (κ1) is 11.0. The first-order chi connectivity index (χ1) is 7.22. The maximum Gasteiger partial charge on any atom is 0.0407 e. The fraction of sp³-hybridized carbons (Fsp3) is 0.385. The number of thiophene rings is 1. The highest BCUT2D eigenvalue weighted by Gasteiger charge is 2.16. The smallest absolute Gasteiger partial charge is 0.0407 e. The second-order valence-electron chi connectivity index (χ2n) is 3.90. The molecule has 0 amide bonds. The third kappa shape index (κ3) is 2.19. The van der Waals surface area contributed by atoms with Crippen LogP contribution in [-0.2, 0) is 0 Å². The van der Waals surface area contributed by atoms with Gasteiger partial charge in [-0.25, -0.2) is 0 Å². The van der Waals surface area contributed by atoms with Crippen LogP contribution in [0.25, 0.3) is 10.1 Å². The van der Waals surface area contributed by atoms with E-state index in [0.29, 0.717) is 5.92 Å². The molecule has 0 nitrogen and oxygen atoms in total. The monoisotopic (exact) mass is 238 g/mol. The van der Waals surface area contributed by atoms with E-state index in [4.69, 9.17) is 11.6 Å². The van der Waals surface area contributed by atoms with Crippen molar-refractivity contribution >= 4 is 33.0 Å². The molecule has 0 saturated heterocycles. The third-order valence-corrected chi connectivity index (χ3v) is 4.83. The number of hydrogen-bond donors (Lipinski definition) is 0. The molecule has 2 atom stereocenters. The predicted octanol–water partition coefficient (Wildman–Crippen LogP) is 5.02. The van der Waals surface area contributed by atoms with Gasteiger partial charge < -0.3 is 0 Å². The quantitative estimate of drug-likeness (QED) is 0.659. The Labute approximate surface area is 99.9 Å². The van der Waals surface area contributed by atoms with E-state index < -0.39 is 0 Å². The zero-order chi connectivity index (χ0) is 10.8. The molecule has 1 heterocycles. The van der Waals surface area contributed by atoms with Gasteiger partial charge in [-0.05, 0) is 23.9 Å². The van der Waals surface area contributed by atoms with E-state index in [-0.39, 0.29) is 5.38 Å². The zero-order valence-corrected chi connectivity index (χ0v) is 10.6. The van der Waals surface area contributed by atoms with Gasteiger partial charge in [-0.15, -0.1) is 22.9 Å². The summed E-state index contributed by atoms with van der Waals surface area (Å²) in [5.41, 5.74) is 0. The second kappa shape index (κ2) is 4.54. The molecule has 0 aliphatic heterocycles. The maximum absolute atomic E-state index is 6.28. The van der Waals surface area contributed by atoms with Crippen LogP contribution < -0.4 is 0 Å². The Balaban J connectivity index is 2.36. The number of rotatable bonds is 3. The molecule has 0 fully saturated rings. The minimum atomic E-state index is 0.248. The molecular formula is C13H15ClS. The third-order valence-electron chi connectivity index (χ3n) is 2.83. The molecule has 0 radical (unpaired) electrons. The lowest BCUT2D eigenvalue weighted by atomic mass is 10.0. The van der Waals surface area contributed by atoms with Gasteiger partial charge in [0.15, 0.2) is 0 Å². The summed E-state index contributed by atoms with van der Waals surface area (Å²) >= 11 is 8.15. The molecule has 1 aromatic carbocycles. The van der Waals surface area contributed by atoms with Gasteiger partial charge in [-0.1, -0.05) is 32.0 Å². The number of fused-ring (bicyclic) bond motifs is 1. The number of hydrogen-bond acceptors (Lipinski definition) is 1. The lowest BCUT2D eigenvalue weighted by Crippen LogP contribution is -2.06. The summed E-state index contributed by atoms with van der Waals surface area (Å²) < 4.78 is 1.36. The SMILES string of the molecule is CCC(Cl)C(C)c1cc2ccccc2s1. The van der Waals surface area contributed by atoms with E-state index in [1.54, 1.807) is 0 Å². The number of alkyl halides is 1. The van der Waals surface area contributed by atoms with Crippen molar-refractivity contribution < 1.29 is 0 Å². The number of benzene rings is 1. The van der Waals surface area contributed by atoms with Crippen LogP contribution in [0, 0.1) is 0 Å². The van der Waals surface area contributed by atoms with Crippen LogP contribution >= 0.6 is 22.9 Å². The van der Waals surface area contributed by atoms with Gasteiger partial charge in [0.2, 0.25) is 0 Å². The standard InChI is InChI=1S/C13H15ClS/c1-3-11(14)9(2)13-8-10-6-4-5-7-12(10)15-13/h4-9,11H,3H2,1-2H3. The molecule has 2 heteroatoms. The molecule has 2 aromatic rings. The van der Waals surface area contributed by atoms with Crippen molar-refractivity contribution in [3.8, 4) is 0 Å². The highest BCUT2D eigenvalue weighted by atomic mass is 35.5. The average molecular weight is 239 g/mol. The summed E-state index contributed by atoms with van der Waals surface area (Å²) in [6.45, 7) is 4.35. The largest absolute Gasteiger partial charge is 0.140 e. The average Bonchev–Trinajstić information content (AvgIpc) is 2.70. The van der Waals surface area contributed by atoms with Crippen molar-refractivity contribution in [3.63, 3.8) is 0 Å². The summed E-state index contributed by atoms with van der Waals surface area (Å²) in [4.78, 5) is 1.40. The van der Waals surface area contributed by atoms with E-state index in [9.17, 15) is 0 Å². The second-order valence-corrected chi connectivity index (χ2v) is 5.58. The molecule has 15 heavy (non-hydrogen) atoms. The molecule has 0 N–H and O–H groups in total. The van der Waals surface area contributed by atoms with Gasteiger partial charge in [0.1, 0.15) is 0 Å². The molecule has 0 spiro atoms. The molecular weight excluding hydrogens is 224 g/mol. The van der Waals surface area contributed by atoms with Crippen molar-refractivity contribution in [1.82, 2.24) is 0 Å². The van der Waals surface area contributed by atoms with E-state index in [0.717, 1.165) is 6.42 Å². The maximum atomic E-state index is 6.28. The Kier molecular flexibility index (Phi) is 3.32. The summed E-state index contributed by atoms with van der Waals surface area (Å²) in [6.07, 6.45) is 1.02. The van der Waals surface area contributed by atoms with Crippen LogP contribution in [0.5, 0.6) is 0 Å². The molecule has 0 aliphatic carbocycles. The molecule has 1 aromatic heterocycles. The summed E-state index contributed by atoms with van der Waals surface area (Å²) in [5.74, 6) is 0.453. The van der Waals surface area contributed by atoms with Gasteiger partial charge in [-0.3, -0.25) is 0 Å². The van der Waals surface area contributed by atoms with Gasteiger partial charge in [0.25, 0.3) is 0 Å².